The Morgan fingerprint density at radius 3 is 2.53 bits per heavy atom. The van der Waals surface area contributed by atoms with Crippen LogP contribution < -0.4 is 4.74 Å². The number of rotatable bonds is 6. The van der Waals surface area contributed by atoms with Gasteiger partial charge >= 0.3 is 0 Å². The van der Waals surface area contributed by atoms with Crippen molar-refractivity contribution in [3.63, 3.8) is 0 Å². The number of nitrogens with zero attached hydrogens (tertiary/aromatic N) is 2. The van der Waals surface area contributed by atoms with Crippen LogP contribution in [0.25, 0.3) is 0 Å². The molecule has 1 aromatic heterocycles. The molecule has 1 aromatic carbocycles. The fourth-order valence-corrected chi connectivity index (χ4v) is 1.70. The third kappa shape index (κ3) is 4.09. The van der Waals surface area contributed by atoms with Gasteiger partial charge in [0.1, 0.15) is 5.75 Å². The fraction of sp³-hybridized carbons (Fsp3) is 0.333. The minimum absolute atomic E-state index is 0.0125. The van der Waals surface area contributed by atoms with Gasteiger partial charge in [-0.25, -0.2) is 0 Å². The maximum Gasteiger partial charge on any atom is 0.219 e. The summed E-state index contributed by atoms with van der Waals surface area (Å²) in [7, 11) is 0. The molecular weight excluding hydrogens is 291 g/mol. The molecule has 2 aromatic rings. The number of aliphatic hydroxyl groups is 1. The smallest absolute Gasteiger partial charge is 0.219 e. The highest BCUT2D eigenvalue weighted by Gasteiger charge is 2.06. The number of halogens is 2. The predicted molar refractivity (Wildman–Crippen MR) is 70.7 cm³/mol. The minimum atomic E-state index is -0.0125. The van der Waals surface area contributed by atoms with Crippen molar-refractivity contribution >= 4 is 23.2 Å². The Hall–Kier alpha value is -1.30. The van der Waals surface area contributed by atoms with Crippen molar-refractivity contribution in [3.8, 4) is 5.75 Å². The molecule has 2 rings (SSSR count). The SMILES string of the molecule is OCCc1nnc(CCOc2ccc(Cl)c(Cl)c2)o1. The third-order valence-electron chi connectivity index (χ3n) is 2.31. The number of benzene rings is 1. The van der Waals surface area contributed by atoms with Crippen LogP contribution in [0.4, 0.5) is 0 Å². The van der Waals surface area contributed by atoms with Crippen LogP contribution in [-0.4, -0.2) is 28.5 Å². The maximum atomic E-state index is 8.73. The summed E-state index contributed by atoms with van der Waals surface area (Å²) in [6.07, 6.45) is 0.847. The first-order valence-electron chi connectivity index (χ1n) is 5.69. The van der Waals surface area contributed by atoms with Gasteiger partial charge in [-0.15, -0.1) is 10.2 Å². The molecule has 0 radical (unpaired) electrons. The zero-order valence-corrected chi connectivity index (χ0v) is 11.5. The van der Waals surface area contributed by atoms with Crippen LogP contribution in [-0.2, 0) is 12.8 Å². The van der Waals surface area contributed by atoms with Gasteiger partial charge in [0.25, 0.3) is 0 Å². The molecule has 0 aliphatic heterocycles. The Balaban J connectivity index is 1.83. The summed E-state index contributed by atoms with van der Waals surface area (Å²) in [6, 6.07) is 5.05. The molecule has 0 spiro atoms. The summed E-state index contributed by atoms with van der Waals surface area (Å²) in [5.74, 6) is 1.53. The standard InChI is InChI=1S/C12H12Cl2N2O3/c13-9-2-1-8(7-10(9)14)18-6-4-12-16-15-11(19-12)3-5-17/h1-2,7,17H,3-6H2. The van der Waals surface area contributed by atoms with Gasteiger partial charge in [0.05, 0.1) is 29.7 Å². The highest BCUT2D eigenvalue weighted by Crippen LogP contribution is 2.26. The second-order valence-corrected chi connectivity index (χ2v) is 4.55. The number of hydrogen-bond acceptors (Lipinski definition) is 5. The van der Waals surface area contributed by atoms with Gasteiger partial charge in [0, 0.05) is 12.5 Å². The molecule has 5 nitrogen and oxygen atoms in total. The van der Waals surface area contributed by atoms with Crippen molar-refractivity contribution in [2.75, 3.05) is 13.2 Å². The van der Waals surface area contributed by atoms with Gasteiger partial charge in [0.2, 0.25) is 11.8 Å². The van der Waals surface area contributed by atoms with Crippen molar-refractivity contribution in [1.29, 1.82) is 0 Å². The monoisotopic (exact) mass is 302 g/mol. The normalized spacial score (nSPS) is 10.7. The molecule has 0 aliphatic carbocycles. The van der Waals surface area contributed by atoms with E-state index in [1.165, 1.54) is 0 Å². The van der Waals surface area contributed by atoms with Crippen molar-refractivity contribution in [1.82, 2.24) is 10.2 Å². The van der Waals surface area contributed by atoms with E-state index in [1.54, 1.807) is 18.2 Å². The van der Waals surface area contributed by atoms with Gasteiger partial charge < -0.3 is 14.3 Å². The van der Waals surface area contributed by atoms with E-state index in [9.17, 15) is 0 Å². The van der Waals surface area contributed by atoms with E-state index in [2.05, 4.69) is 10.2 Å². The summed E-state index contributed by atoms with van der Waals surface area (Å²) in [5, 5.41) is 17.3. The van der Waals surface area contributed by atoms with Crippen molar-refractivity contribution in [2.24, 2.45) is 0 Å². The molecule has 0 bridgehead atoms. The van der Waals surface area contributed by atoms with Crippen molar-refractivity contribution < 1.29 is 14.3 Å². The first-order valence-corrected chi connectivity index (χ1v) is 6.44. The average molecular weight is 303 g/mol. The van der Waals surface area contributed by atoms with Crippen molar-refractivity contribution in [2.45, 2.75) is 12.8 Å². The fourth-order valence-electron chi connectivity index (χ4n) is 1.41. The molecule has 19 heavy (non-hydrogen) atoms. The molecule has 0 atom stereocenters. The predicted octanol–water partition coefficient (Wildman–Crippen LogP) is 2.53. The van der Waals surface area contributed by atoms with E-state index in [1.807, 2.05) is 0 Å². The molecule has 1 heterocycles. The Morgan fingerprint density at radius 1 is 1.11 bits per heavy atom. The first kappa shape index (κ1) is 14.1. The van der Waals surface area contributed by atoms with Crippen LogP contribution in [0, 0.1) is 0 Å². The Bertz CT molecular complexity index is 546. The maximum absolute atomic E-state index is 8.73. The summed E-state index contributed by atoms with van der Waals surface area (Å²) in [4.78, 5) is 0. The quantitative estimate of drug-likeness (QED) is 0.888. The minimum Gasteiger partial charge on any atom is -0.493 e. The Labute approximate surface area is 120 Å². The largest absolute Gasteiger partial charge is 0.493 e. The lowest BCUT2D eigenvalue weighted by Gasteiger charge is -2.05. The van der Waals surface area contributed by atoms with Gasteiger partial charge in [-0.2, -0.15) is 0 Å². The molecule has 0 saturated carbocycles. The average Bonchev–Trinajstić information content (AvgIpc) is 2.82. The zero-order chi connectivity index (χ0) is 13.7. The summed E-state index contributed by atoms with van der Waals surface area (Å²) in [6.45, 7) is 0.375. The number of ether oxygens (including phenoxy) is 1. The molecule has 1 N–H and O–H groups in total. The molecule has 0 amide bonds. The van der Waals surface area contributed by atoms with Crippen LogP contribution in [0.3, 0.4) is 0 Å². The van der Waals surface area contributed by atoms with Gasteiger partial charge in [-0.3, -0.25) is 0 Å². The molecule has 0 saturated heterocycles. The van der Waals surface area contributed by atoms with Crippen LogP contribution in [0.5, 0.6) is 5.75 Å². The number of hydrogen-bond donors (Lipinski definition) is 1. The Morgan fingerprint density at radius 2 is 1.84 bits per heavy atom. The summed E-state index contributed by atoms with van der Waals surface area (Å²) >= 11 is 11.7. The molecule has 102 valence electrons. The summed E-state index contributed by atoms with van der Waals surface area (Å²) < 4.78 is 10.8. The highest BCUT2D eigenvalue weighted by atomic mass is 35.5. The van der Waals surface area contributed by atoms with Crippen LogP contribution in [0.15, 0.2) is 22.6 Å². The first-order chi connectivity index (χ1) is 9.19. The van der Waals surface area contributed by atoms with E-state index < -0.39 is 0 Å². The molecule has 0 aliphatic rings. The lowest BCUT2D eigenvalue weighted by atomic mass is 10.3. The molecule has 7 heteroatoms. The summed E-state index contributed by atoms with van der Waals surface area (Å²) in [5.41, 5.74) is 0. The van der Waals surface area contributed by atoms with E-state index in [0.717, 1.165) is 0 Å². The van der Waals surface area contributed by atoms with E-state index >= 15 is 0 Å². The highest BCUT2D eigenvalue weighted by molar-refractivity contribution is 6.42. The van der Waals surface area contributed by atoms with Crippen LogP contribution in [0.1, 0.15) is 11.8 Å². The second-order valence-electron chi connectivity index (χ2n) is 3.74. The third-order valence-corrected chi connectivity index (χ3v) is 3.05. The van der Waals surface area contributed by atoms with E-state index in [0.29, 0.717) is 47.0 Å². The topological polar surface area (TPSA) is 68.4 Å². The second kappa shape index (κ2) is 6.75. The van der Waals surface area contributed by atoms with Gasteiger partial charge in [0.15, 0.2) is 0 Å². The zero-order valence-electron chi connectivity index (χ0n) is 9.97. The molecule has 0 unspecified atom stereocenters. The Kier molecular flexibility index (Phi) is 5.01. The number of aromatic nitrogens is 2. The van der Waals surface area contributed by atoms with E-state index in [-0.39, 0.29) is 6.61 Å². The lowest BCUT2D eigenvalue weighted by Crippen LogP contribution is -2.01. The van der Waals surface area contributed by atoms with Crippen molar-refractivity contribution in [3.05, 3.63) is 40.0 Å². The molecular formula is C12H12Cl2N2O3. The van der Waals surface area contributed by atoms with Gasteiger partial charge in [-0.1, -0.05) is 23.2 Å². The van der Waals surface area contributed by atoms with Crippen LogP contribution in [0.2, 0.25) is 10.0 Å². The lowest BCUT2D eigenvalue weighted by molar-refractivity contribution is 0.278. The molecule has 0 fully saturated rings. The van der Waals surface area contributed by atoms with E-state index in [4.69, 9.17) is 37.5 Å². The van der Waals surface area contributed by atoms with Crippen LogP contribution >= 0.6 is 23.2 Å². The van der Waals surface area contributed by atoms with Gasteiger partial charge in [-0.05, 0) is 12.1 Å². The number of aliphatic hydroxyl groups excluding tert-OH is 1.